The molecule has 2 atom stereocenters. The Kier molecular flexibility index (Phi) is 3.84. The van der Waals surface area contributed by atoms with Crippen molar-refractivity contribution in [2.75, 3.05) is 39.9 Å². The summed E-state index contributed by atoms with van der Waals surface area (Å²) in [4.78, 5) is 0. The number of hydrogen-bond donors (Lipinski definition) is 1. The molecule has 2 fully saturated rings. The molecular weight excluding hydrogens is 228 g/mol. The molecule has 0 spiro atoms. The van der Waals surface area contributed by atoms with Crippen molar-refractivity contribution in [3.63, 3.8) is 0 Å². The highest BCUT2D eigenvalue weighted by atomic mass is 32.2. The van der Waals surface area contributed by atoms with Crippen molar-refractivity contribution < 1.29 is 13.2 Å². The first-order valence-corrected chi connectivity index (χ1v) is 7.33. The molecule has 0 saturated carbocycles. The average molecular weight is 248 g/mol. The summed E-state index contributed by atoms with van der Waals surface area (Å²) >= 11 is 0. The highest BCUT2D eigenvalue weighted by molar-refractivity contribution is 7.89. The van der Waals surface area contributed by atoms with E-state index in [9.17, 15) is 8.42 Å². The van der Waals surface area contributed by atoms with Gasteiger partial charge < -0.3 is 10.1 Å². The van der Waals surface area contributed by atoms with Gasteiger partial charge in [0.1, 0.15) is 0 Å². The molecule has 0 radical (unpaired) electrons. The molecule has 2 aliphatic rings. The van der Waals surface area contributed by atoms with Gasteiger partial charge in [-0.1, -0.05) is 0 Å². The van der Waals surface area contributed by atoms with Gasteiger partial charge in [0.15, 0.2) is 0 Å². The van der Waals surface area contributed by atoms with Crippen LogP contribution in [0.4, 0.5) is 0 Å². The van der Waals surface area contributed by atoms with E-state index in [1.165, 1.54) is 0 Å². The zero-order chi connectivity index (χ0) is 11.6. The summed E-state index contributed by atoms with van der Waals surface area (Å²) in [7, 11) is -1.41. The summed E-state index contributed by atoms with van der Waals surface area (Å²) in [5, 5.41) is 2.89. The first kappa shape index (κ1) is 12.3. The molecular formula is C10H20N2O3S. The maximum absolute atomic E-state index is 12.2. The minimum Gasteiger partial charge on any atom is -0.384 e. The second kappa shape index (κ2) is 5.00. The predicted octanol–water partition coefficient (Wildman–Crippen LogP) is -0.354. The fourth-order valence-corrected chi connectivity index (χ4v) is 4.44. The van der Waals surface area contributed by atoms with Crippen molar-refractivity contribution in [2.24, 2.45) is 5.92 Å². The molecule has 1 N–H and O–H groups in total. The van der Waals surface area contributed by atoms with E-state index in [1.807, 2.05) is 0 Å². The molecule has 2 aliphatic heterocycles. The summed E-state index contributed by atoms with van der Waals surface area (Å²) in [6.45, 7) is 3.38. The number of methoxy groups -OCH3 is 1. The maximum Gasteiger partial charge on any atom is 0.218 e. The summed E-state index contributed by atoms with van der Waals surface area (Å²) < 4.78 is 31.2. The van der Waals surface area contributed by atoms with Crippen LogP contribution in [0.15, 0.2) is 0 Å². The van der Waals surface area contributed by atoms with Gasteiger partial charge >= 0.3 is 0 Å². The Hall–Kier alpha value is -0.170. The fourth-order valence-electron chi connectivity index (χ4n) is 2.49. The van der Waals surface area contributed by atoms with E-state index >= 15 is 0 Å². The number of rotatable bonds is 4. The molecule has 0 aromatic heterocycles. The Morgan fingerprint density at radius 1 is 1.44 bits per heavy atom. The van der Waals surface area contributed by atoms with Crippen LogP contribution in [0.3, 0.4) is 0 Å². The normalized spacial score (nSPS) is 32.3. The third-order valence-electron chi connectivity index (χ3n) is 3.45. The lowest BCUT2D eigenvalue weighted by molar-refractivity contribution is 0.157. The standard InChI is InChI=1S/C10H20N2O3S/c1-15-8-9-3-5-12(7-9)16(13,14)10-2-4-11-6-10/h9-11H,2-8H2,1H3. The molecule has 2 saturated heterocycles. The zero-order valence-electron chi connectivity index (χ0n) is 9.68. The second-order valence-electron chi connectivity index (χ2n) is 4.63. The largest absolute Gasteiger partial charge is 0.384 e. The van der Waals surface area contributed by atoms with Gasteiger partial charge in [-0.25, -0.2) is 12.7 Å². The van der Waals surface area contributed by atoms with Crippen molar-refractivity contribution in [1.29, 1.82) is 0 Å². The molecule has 0 amide bonds. The van der Waals surface area contributed by atoms with Crippen LogP contribution in [0.25, 0.3) is 0 Å². The lowest BCUT2D eigenvalue weighted by Gasteiger charge is -2.20. The fraction of sp³-hybridized carbons (Fsp3) is 1.00. The number of nitrogens with one attached hydrogen (secondary N) is 1. The van der Waals surface area contributed by atoms with Crippen molar-refractivity contribution in [3.8, 4) is 0 Å². The molecule has 2 unspecified atom stereocenters. The van der Waals surface area contributed by atoms with Crippen LogP contribution >= 0.6 is 0 Å². The van der Waals surface area contributed by atoms with Gasteiger partial charge in [0.05, 0.1) is 11.9 Å². The quantitative estimate of drug-likeness (QED) is 0.738. The molecule has 94 valence electrons. The third kappa shape index (κ3) is 2.40. The van der Waals surface area contributed by atoms with Crippen molar-refractivity contribution in [1.82, 2.24) is 9.62 Å². The van der Waals surface area contributed by atoms with Gasteiger partial charge in [0.2, 0.25) is 10.0 Å². The van der Waals surface area contributed by atoms with Crippen molar-refractivity contribution >= 4 is 10.0 Å². The lowest BCUT2D eigenvalue weighted by Crippen LogP contribution is -2.38. The third-order valence-corrected chi connectivity index (χ3v) is 5.74. The minimum atomic E-state index is -3.07. The molecule has 2 rings (SSSR count). The second-order valence-corrected chi connectivity index (χ2v) is 6.84. The zero-order valence-corrected chi connectivity index (χ0v) is 10.5. The molecule has 0 bridgehead atoms. The Bertz CT molecular complexity index is 325. The smallest absolute Gasteiger partial charge is 0.218 e. The van der Waals surface area contributed by atoms with Gasteiger partial charge in [-0.3, -0.25) is 0 Å². The molecule has 0 aromatic rings. The molecule has 16 heavy (non-hydrogen) atoms. The molecule has 0 aromatic carbocycles. The summed E-state index contributed by atoms with van der Waals surface area (Å²) in [6.07, 6.45) is 1.67. The van der Waals surface area contributed by atoms with E-state index in [-0.39, 0.29) is 5.25 Å². The summed E-state index contributed by atoms with van der Waals surface area (Å²) in [6, 6.07) is 0. The van der Waals surface area contributed by atoms with E-state index in [0.717, 1.165) is 19.4 Å². The molecule has 0 aliphatic carbocycles. The Balaban J connectivity index is 1.97. The van der Waals surface area contributed by atoms with Crippen LogP contribution < -0.4 is 5.32 Å². The monoisotopic (exact) mass is 248 g/mol. The van der Waals surface area contributed by atoms with Gasteiger partial charge in [0, 0.05) is 26.7 Å². The van der Waals surface area contributed by atoms with E-state index in [0.29, 0.717) is 32.2 Å². The Labute approximate surface area is 97.2 Å². The molecule has 2 heterocycles. The minimum absolute atomic E-state index is 0.214. The highest BCUT2D eigenvalue weighted by Crippen LogP contribution is 2.24. The van der Waals surface area contributed by atoms with E-state index < -0.39 is 10.0 Å². The summed E-state index contributed by atoms with van der Waals surface area (Å²) in [5.41, 5.74) is 0. The van der Waals surface area contributed by atoms with E-state index in [2.05, 4.69) is 5.32 Å². The molecule has 5 nitrogen and oxygen atoms in total. The summed E-state index contributed by atoms with van der Waals surface area (Å²) in [5.74, 6) is 0.370. The van der Waals surface area contributed by atoms with Crippen molar-refractivity contribution in [2.45, 2.75) is 18.1 Å². The van der Waals surface area contributed by atoms with E-state index in [1.54, 1.807) is 11.4 Å². The van der Waals surface area contributed by atoms with Crippen molar-refractivity contribution in [3.05, 3.63) is 0 Å². The van der Waals surface area contributed by atoms with Crippen LogP contribution in [0.5, 0.6) is 0 Å². The van der Waals surface area contributed by atoms with Crippen LogP contribution in [0.1, 0.15) is 12.8 Å². The van der Waals surface area contributed by atoms with Crippen LogP contribution in [0, 0.1) is 5.92 Å². The van der Waals surface area contributed by atoms with E-state index in [4.69, 9.17) is 4.74 Å². The lowest BCUT2D eigenvalue weighted by atomic mass is 10.1. The van der Waals surface area contributed by atoms with Crippen LogP contribution in [-0.4, -0.2) is 57.9 Å². The Morgan fingerprint density at radius 3 is 2.88 bits per heavy atom. The van der Waals surface area contributed by atoms with Gasteiger partial charge in [-0.05, 0) is 25.3 Å². The number of nitrogens with zero attached hydrogens (tertiary/aromatic N) is 1. The predicted molar refractivity (Wildman–Crippen MR) is 61.8 cm³/mol. The number of ether oxygens (including phenoxy) is 1. The molecule has 6 heteroatoms. The Morgan fingerprint density at radius 2 is 2.25 bits per heavy atom. The van der Waals surface area contributed by atoms with Crippen LogP contribution in [-0.2, 0) is 14.8 Å². The van der Waals surface area contributed by atoms with Gasteiger partial charge in [-0.2, -0.15) is 0 Å². The first-order valence-electron chi connectivity index (χ1n) is 5.83. The topological polar surface area (TPSA) is 58.6 Å². The van der Waals surface area contributed by atoms with Crippen LogP contribution in [0.2, 0.25) is 0 Å². The number of sulfonamides is 1. The average Bonchev–Trinajstić information content (AvgIpc) is 2.88. The first-order chi connectivity index (χ1) is 7.64. The maximum atomic E-state index is 12.2. The van der Waals surface area contributed by atoms with Gasteiger partial charge in [0.25, 0.3) is 0 Å². The highest BCUT2D eigenvalue weighted by Gasteiger charge is 2.37. The van der Waals surface area contributed by atoms with Gasteiger partial charge in [-0.15, -0.1) is 0 Å². The SMILES string of the molecule is COCC1CCN(S(=O)(=O)C2CCNC2)C1. The number of hydrogen-bond acceptors (Lipinski definition) is 4.